The zero-order valence-electron chi connectivity index (χ0n) is 17.5. The van der Waals surface area contributed by atoms with Gasteiger partial charge in [-0.25, -0.2) is 17.8 Å². The lowest BCUT2D eigenvalue weighted by Gasteiger charge is -2.31. The van der Waals surface area contributed by atoms with E-state index in [1.165, 1.54) is 0 Å². The molecule has 1 saturated heterocycles. The van der Waals surface area contributed by atoms with Gasteiger partial charge in [0.25, 0.3) is 5.91 Å². The Hall–Kier alpha value is -3.04. The molecule has 0 atom stereocenters. The number of sulfonamides is 1. The number of hydrogen-bond acceptors (Lipinski definition) is 5. The highest BCUT2D eigenvalue weighted by Gasteiger charge is 2.28. The van der Waals surface area contributed by atoms with E-state index >= 15 is 0 Å². The number of carbonyl (C=O) groups excluding carboxylic acids is 1. The second-order valence-electron chi connectivity index (χ2n) is 7.80. The lowest BCUT2D eigenvalue weighted by Crippen LogP contribution is -2.46. The van der Waals surface area contributed by atoms with Crippen LogP contribution in [0.4, 0.5) is 0 Å². The molecule has 0 bridgehead atoms. The van der Waals surface area contributed by atoms with Crippen LogP contribution in [0, 0.1) is 6.92 Å². The standard InChI is InChI=1S/C22H25N5O3S/c1-16-21(22(28)26-14-12-19(13-15-26)24-31(2,29)30)23-25-27(16)20-10-8-18(9-11-20)17-6-4-3-5-7-17/h3-11,19,24H,12-15H2,1-2H3. The Bertz CT molecular complexity index is 1170. The number of carbonyl (C=O) groups is 1. The minimum Gasteiger partial charge on any atom is -0.337 e. The van der Waals surface area contributed by atoms with Crippen molar-refractivity contribution in [1.29, 1.82) is 0 Å². The van der Waals surface area contributed by atoms with Crippen LogP contribution in [-0.4, -0.2) is 59.6 Å². The molecule has 1 aliphatic heterocycles. The maximum absolute atomic E-state index is 13.0. The summed E-state index contributed by atoms with van der Waals surface area (Å²) in [5, 5.41) is 8.33. The number of likely N-dealkylation sites (tertiary alicyclic amines) is 1. The highest BCUT2D eigenvalue weighted by Crippen LogP contribution is 2.22. The van der Waals surface area contributed by atoms with Crippen molar-refractivity contribution >= 4 is 15.9 Å². The maximum atomic E-state index is 13.0. The lowest BCUT2D eigenvalue weighted by atomic mass is 10.1. The molecule has 0 spiro atoms. The quantitative estimate of drug-likeness (QED) is 0.658. The SMILES string of the molecule is Cc1c(C(=O)N2CCC(NS(C)(=O)=O)CC2)nnn1-c1ccc(-c2ccccc2)cc1. The monoisotopic (exact) mass is 439 g/mol. The zero-order valence-corrected chi connectivity index (χ0v) is 18.3. The van der Waals surface area contributed by atoms with Crippen LogP contribution in [0.3, 0.4) is 0 Å². The molecule has 1 N–H and O–H groups in total. The first-order valence-corrected chi connectivity index (χ1v) is 12.1. The van der Waals surface area contributed by atoms with E-state index < -0.39 is 10.0 Å². The fourth-order valence-corrected chi connectivity index (χ4v) is 4.69. The molecule has 0 aliphatic carbocycles. The molecule has 1 aliphatic rings. The molecule has 0 unspecified atom stereocenters. The Morgan fingerprint density at radius 2 is 1.61 bits per heavy atom. The normalized spacial score (nSPS) is 15.2. The topological polar surface area (TPSA) is 97.2 Å². The minimum atomic E-state index is -3.25. The average Bonchev–Trinajstić information content (AvgIpc) is 3.15. The number of nitrogens with one attached hydrogen (secondary N) is 1. The molecule has 31 heavy (non-hydrogen) atoms. The molecule has 1 fully saturated rings. The van der Waals surface area contributed by atoms with E-state index in [-0.39, 0.29) is 11.9 Å². The van der Waals surface area contributed by atoms with E-state index in [0.717, 1.165) is 23.1 Å². The molecular formula is C22H25N5O3S. The summed E-state index contributed by atoms with van der Waals surface area (Å²) in [6.45, 7) is 2.78. The maximum Gasteiger partial charge on any atom is 0.276 e. The van der Waals surface area contributed by atoms with Gasteiger partial charge in [0.15, 0.2) is 5.69 Å². The number of nitrogens with zero attached hydrogens (tertiary/aromatic N) is 4. The first-order valence-electron chi connectivity index (χ1n) is 10.2. The minimum absolute atomic E-state index is 0.140. The van der Waals surface area contributed by atoms with Crippen molar-refractivity contribution in [2.24, 2.45) is 0 Å². The van der Waals surface area contributed by atoms with E-state index in [2.05, 4.69) is 27.2 Å². The van der Waals surface area contributed by atoms with Crippen LogP contribution >= 0.6 is 0 Å². The zero-order chi connectivity index (χ0) is 22.0. The van der Waals surface area contributed by atoms with Gasteiger partial charge in [-0.3, -0.25) is 4.79 Å². The fraction of sp³-hybridized carbons (Fsp3) is 0.318. The molecule has 2 heterocycles. The second kappa shape index (κ2) is 8.60. The third-order valence-corrected chi connectivity index (χ3v) is 6.24. The first kappa shape index (κ1) is 21.2. The van der Waals surface area contributed by atoms with Crippen LogP contribution in [0.5, 0.6) is 0 Å². The Kier molecular flexibility index (Phi) is 5.88. The van der Waals surface area contributed by atoms with Gasteiger partial charge < -0.3 is 4.90 Å². The molecule has 162 valence electrons. The number of benzene rings is 2. The van der Waals surface area contributed by atoms with E-state index in [1.807, 2.05) is 49.4 Å². The molecule has 9 heteroatoms. The number of amides is 1. The van der Waals surface area contributed by atoms with Gasteiger partial charge in [-0.1, -0.05) is 47.7 Å². The molecule has 1 amide bonds. The Labute approximate surface area is 181 Å². The summed E-state index contributed by atoms with van der Waals surface area (Å²) in [5.74, 6) is -0.178. The van der Waals surface area contributed by atoms with Crippen LogP contribution in [0.2, 0.25) is 0 Å². The van der Waals surface area contributed by atoms with Crippen molar-refractivity contribution in [2.45, 2.75) is 25.8 Å². The van der Waals surface area contributed by atoms with Crippen LogP contribution in [-0.2, 0) is 10.0 Å². The number of aromatic nitrogens is 3. The van der Waals surface area contributed by atoms with Gasteiger partial charge in [0, 0.05) is 19.1 Å². The number of rotatable bonds is 5. The molecule has 2 aromatic carbocycles. The van der Waals surface area contributed by atoms with Crippen molar-refractivity contribution in [3.8, 4) is 16.8 Å². The Morgan fingerprint density at radius 3 is 2.23 bits per heavy atom. The molecule has 8 nitrogen and oxygen atoms in total. The molecule has 4 rings (SSSR count). The predicted molar refractivity (Wildman–Crippen MR) is 118 cm³/mol. The molecule has 1 aromatic heterocycles. The van der Waals surface area contributed by atoms with Gasteiger partial charge in [0.2, 0.25) is 10.0 Å². The van der Waals surface area contributed by atoms with Gasteiger partial charge >= 0.3 is 0 Å². The smallest absolute Gasteiger partial charge is 0.276 e. The van der Waals surface area contributed by atoms with Gasteiger partial charge in [-0.05, 0) is 43.0 Å². The predicted octanol–water partition coefficient (Wildman–Crippen LogP) is 2.40. The van der Waals surface area contributed by atoms with E-state index in [4.69, 9.17) is 0 Å². The van der Waals surface area contributed by atoms with Crippen LogP contribution in [0.25, 0.3) is 16.8 Å². The largest absolute Gasteiger partial charge is 0.337 e. The Morgan fingerprint density at radius 1 is 1.00 bits per heavy atom. The van der Waals surface area contributed by atoms with E-state index in [9.17, 15) is 13.2 Å². The number of hydrogen-bond donors (Lipinski definition) is 1. The van der Waals surface area contributed by atoms with Crippen LogP contribution in [0.15, 0.2) is 54.6 Å². The summed E-state index contributed by atoms with van der Waals surface area (Å²) in [7, 11) is -3.25. The second-order valence-corrected chi connectivity index (χ2v) is 9.58. The average molecular weight is 440 g/mol. The molecule has 3 aromatic rings. The molecular weight excluding hydrogens is 414 g/mol. The molecule has 0 radical (unpaired) electrons. The van der Waals surface area contributed by atoms with Gasteiger partial charge in [0.1, 0.15) is 0 Å². The summed E-state index contributed by atoms with van der Waals surface area (Å²) in [4.78, 5) is 14.7. The lowest BCUT2D eigenvalue weighted by molar-refractivity contribution is 0.0704. The van der Waals surface area contributed by atoms with Crippen LogP contribution in [0.1, 0.15) is 29.0 Å². The highest BCUT2D eigenvalue weighted by molar-refractivity contribution is 7.88. The summed E-state index contributed by atoms with van der Waals surface area (Å²) in [5.41, 5.74) is 4.06. The van der Waals surface area contributed by atoms with E-state index in [0.29, 0.717) is 37.3 Å². The summed E-state index contributed by atoms with van der Waals surface area (Å²) in [6, 6.07) is 17.9. The number of piperidine rings is 1. The summed E-state index contributed by atoms with van der Waals surface area (Å²) < 4.78 is 27.1. The van der Waals surface area contributed by atoms with Crippen LogP contribution < -0.4 is 4.72 Å². The third-order valence-electron chi connectivity index (χ3n) is 5.48. The van der Waals surface area contributed by atoms with Crippen molar-refractivity contribution in [1.82, 2.24) is 24.6 Å². The van der Waals surface area contributed by atoms with Gasteiger partial charge in [0.05, 0.1) is 17.6 Å². The third kappa shape index (κ3) is 4.83. The Balaban J connectivity index is 1.46. The van der Waals surface area contributed by atoms with Crippen molar-refractivity contribution in [2.75, 3.05) is 19.3 Å². The van der Waals surface area contributed by atoms with Crippen molar-refractivity contribution < 1.29 is 13.2 Å². The van der Waals surface area contributed by atoms with Gasteiger partial charge in [-0.15, -0.1) is 5.10 Å². The van der Waals surface area contributed by atoms with E-state index in [1.54, 1.807) is 9.58 Å². The van der Waals surface area contributed by atoms with Gasteiger partial charge in [-0.2, -0.15) is 0 Å². The van der Waals surface area contributed by atoms with Crippen molar-refractivity contribution in [3.05, 3.63) is 66.0 Å². The highest BCUT2D eigenvalue weighted by atomic mass is 32.2. The fourth-order valence-electron chi connectivity index (χ4n) is 3.85. The summed E-state index contributed by atoms with van der Waals surface area (Å²) in [6.07, 6.45) is 2.30. The summed E-state index contributed by atoms with van der Waals surface area (Å²) >= 11 is 0. The first-order chi connectivity index (χ1) is 14.8. The molecule has 0 saturated carbocycles. The van der Waals surface area contributed by atoms with Crippen molar-refractivity contribution in [3.63, 3.8) is 0 Å².